The number of furan rings is 2. The van der Waals surface area contributed by atoms with E-state index in [4.69, 9.17) is 38.7 Å². The molecule has 0 amide bonds. The van der Waals surface area contributed by atoms with Gasteiger partial charge in [-0.1, -0.05) is 212 Å². The van der Waals surface area contributed by atoms with E-state index in [2.05, 4.69) is 282 Å². The number of rotatable bonds is 9. The molecule has 0 N–H and O–H groups in total. The molecule has 0 saturated heterocycles. The fourth-order valence-electron chi connectivity index (χ4n) is 15.7. The summed E-state index contributed by atoms with van der Waals surface area (Å²) in [7, 11) is 0. The van der Waals surface area contributed by atoms with E-state index < -0.39 is 0 Å². The first-order valence-corrected chi connectivity index (χ1v) is 35.6. The lowest BCUT2D eigenvalue weighted by atomic mass is 9.97. The zero-order valence-electron chi connectivity index (χ0n) is 54.1. The summed E-state index contributed by atoms with van der Waals surface area (Å²) in [5.41, 5.74) is 16.9. The van der Waals surface area contributed by atoms with Gasteiger partial charge in [0, 0.05) is 94.6 Å². The van der Waals surface area contributed by atoms with E-state index in [1.54, 1.807) is 11.3 Å². The van der Waals surface area contributed by atoms with Gasteiger partial charge in [0.05, 0.1) is 33.2 Å². The highest BCUT2D eigenvalue weighted by atomic mass is 32.1. The third kappa shape index (κ3) is 8.70. The van der Waals surface area contributed by atoms with Crippen molar-refractivity contribution in [2.75, 3.05) is 0 Å². The minimum Gasteiger partial charge on any atom is -0.455 e. The first kappa shape index (κ1) is 56.7. The highest BCUT2D eigenvalue weighted by molar-refractivity contribution is 7.26. The van der Waals surface area contributed by atoms with Gasteiger partial charge in [-0.15, -0.1) is 22.7 Å². The molecule has 0 atom stereocenters. The van der Waals surface area contributed by atoms with Crippen molar-refractivity contribution in [1.29, 1.82) is 0 Å². The summed E-state index contributed by atoms with van der Waals surface area (Å²) in [6.07, 6.45) is 0. The number of para-hydroxylation sites is 6. The smallest absolute Gasteiger partial charge is 0.238 e. The summed E-state index contributed by atoms with van der Waals surface area (Å²) >= 11 is 3.63. The fraction of sp³-hybridized carbons (Fsp3) is 0. The largest absolute Gasteiger partial charge is 0.455 e. The quantitative estimate of drug-likeness (QED) is 0.140. The maximum absolute atomic E-state index is 7.00. The zero-order chi connectivity index (χ0) is 66.7. The number of nitrogens with zero attached hydrogens (tertiary/aromatic N) is 8. The Morgan fingerprint density at radius 2 is 0.608 bits per heavy atom. The van der Waals surface area contributed by atoms with Gasteiger partial charge in [-0.2, -0.15) is 19.9 Å². The monoisotopic (exact) mass is 1340 g/mol. The van der Waals surface area contributed by atoms with Crippen LogP contribution in [-0.4, -0.2) is 39.0 Å². The molecular formula is C90H50N8O2S2. The van der Waals surface area contributed by atoms with Crippen LogP contribution in [0.1, 0.15) is 0 Å². The molecule has 12 heteroatoms. The van der Waals surface area contributed by atoms with Crippen molar-refractivity contribution >= 4 is 151 Å². The number of benzene rings is 14. The number of thiophene rings is 2. The number of aromatic nitrogens is 8. The van der Waals surface area contributed by atoms with Gasteiger partial charge in [-0.05, 0) is 124 Å². The van der Waals surface area contributed by atoms with E-state index in [0.717, 1.165) is 132 Å². The van der Waals surface area contributed by atoms with Crippen molar-refractivity contribution in [3.63, 3.8) is 0 Å². The van der Waals surface area contributed by atoms with E-state index in [-0.39, 0.29) is 0 Å². The molecule has 102 heavy (non-hydrogen) atoms. The first-order valence-electron chi connectivity index (χ1n) is 34.0. The Labute approximate surface area is 588 Å². The minimum atomic E-state index is 0.509. The lowest BCUT2D eigenvalue weighted by Gasteiger charge is -2.12. The van der Waals surface area contributed by atoms with Crippen LogP contribution in [0.15, 0.2) is 312 Å². The van der Waals surface area contributed by atoms with Crippen molar-refractivity contribution in [2.24, 2.45) is 0 Å². The molecule has 0 spiro atoms. The van der Waals surface area contributed by atoms with Crippen LogP contribution in [0.3, 0.4) is 0 Å². The van der Waals surface area contributed by atoms with Gasteiger partial charge >= 0.3 is 0 Å². The molecule has 8 aromatic heterocycles. The lowest BCUT2D eigenvalue weighted by molar-refractivity contribution is 0.669. The summed E-state index contributed by atoms with van der Waals surface area (Å²) in [6, 6.07) is 107. The SMILES string of the molecule is c1ccc(-c2nc(-c3cccc4c3oc3cccc(-c5ccc6c(c5)sc5ccc(-c7cccc(-c8nc(-c9cccc%10c9oc9cccc(-c%11ccc%12sc%13ccccc%13c%12c%11)c9%10)nc(-n9c%10ccccc%10c%10ccccc%109)n8)c7)cc56)c34)nc(-n3c4ccccc4c4ccccc43)n2)cc1. The molecule has 474 valence electrons. The summed E-state index contributed by atoms with van der Waals surface area (Å²) in [4.78, 5) is 32.0. The zero-order valence-corrected chi connectivity index (χ0v) is 55.7. The van der Waals surface area contributed by atoms with E-state index in [1.165, 1.54) is 40.3 Å². The van der Waals surface area contributed by atoms with E-state index in [9.17, 15) is 0 Å². The Balaban J connectivity index is 0.644. The molecule has 0 aliphatic rings. The molecule has 8 heterocycles. The second-order valence-corrected chi connectivity index (χ2v) is 28.2. The van der Waals surface area contributed by atoms with Crippen LogP contribution in [0.25, 0.3) is 219 Å². The predicted molar refractivity (Wildman–Crippen MR) is 420 cm³/mol. The average Bonchev–Trinajstić information content (AvgIpc) is 1.58. The van der Waals surface area contributed by atoms with E-state index in [1.807, 2.05) is 41.7 Å². The maximum Gasteiger partial charge on any atom is 0.238 e. The summed E-state index contributed by atoms with van der Waals surface area (Å²) < 4.78 is 23.2. The Kier molecular flexibility index (Phi) is 12.3. The van der Waals surface area contributed by atoms with Crippen molar-refractivity contribution in [3.05, 3.63) is 303 Å². The molecule has 22 rings (SSSR count). The molecule has 0 bridgehead atoms. The molecule has 0 aliphatic carbocycles. The molecule has 14 aromatic carbocycles. The van der Waals surface area contributed by atoms with Gasteiger partial charge in [-0.25, -0.2) is 9.97 Å². The standard InChI is InChI=1S/C90H50N8O2S2/c1-2-19-51(20-3-1)85-91-87(95-89(93-85)97-71-34-9-4-23-59(71)60-24-5-10-35-72(60)97)67-32-16-31-66-82-58(29-18-39-76(82)100-84(66)67)55-41-44-64-69-48-53(42-45-79(69)102-80(64)50-55)52-21-14-22-56(47-52)86-92-88(96-90(94-86)98-73-36-11-6-25-61(73)62-26-7-12-37-74(62)98)68-33-15-30-65-81-57(28-17-38-75(81)99-83(65)68)54-43-46-78-70(49-54)63-27-8-13-40-77(63)101-78/h1-50H. The summed E-state index contributed by atoms with van der Waals surface area (Å²) in [5, 5.41) is 13.4. The normalized spacial score (nSPS) is 12.1. The molecule has 0 unspecified atom stereocenters. The summed E-state index contributed by atoms with van der Waals surface area (Å²) in [5.74, 6) is 3.19. The predicted octanol–water partition coefficient (Wildman–Crippen LogP) is 24.5. The first-order chi connectivity index (χ1) is 50.5. The molecule has 0 fully saturated rings. The molecule has 10 nitrogen and oxygen atoms in total. The lowest BCUT2D eigenvalue weighted by Crippen LogP contribution is -2.06. The van der Waals surface area contributed by atoms with Crippen molar-refractivity contribution in [2.45, 2.75) is 0 Å². The van der Waals surface area contributed by atoms with E-state index >= 15 is 0 Å². The number of hydrogen-bond donors (Lipinski definition) is 0. The van der Waals surface area contributed by atoms with Crippen molar-refractivity contribution < 1.29 is 8.83 Å². The second kappa shape index (κ2) is 22.1. The highest BCUT2D eigenvalue weighted by Gasteiger charge is 2.26. The third-order valence-corrected chi connectivity index (χ3v) is 22.6. The Morgan fingerprint density at radius 1 is 0.225 bits per heavy atom. The van der Waals surface area contributed by atoms with Crippen molar-refractivity contribution in [3.8, 4) is 90.8 Å². The van der Waals surface area contributed by atoms with Crippen LogP contribution in [0.4, 0.5) is 0 Å². The molecule has 0 aliphatic heterocycles. The Hall–Kier alpha value is -13.3. The van der Waals surface area contributed by atoms with Crippen LogP contribution >= 0.6 is 22.7 Å². The van der Waals surface area contributed by atoms with E-state index in [0.29, 0.717) is 46.4 Å². The molecule has 0 radical (unpaired) electrons. The molecular weight excluding hydrogens is 1290 g/mol. The fourth-order valence-corrected chi connectivity index (χ4v) is 17.9. The second-order valence-electron chi connectivity index (χ2n) is 26.0. The molecule has 0 saturated carbocycles. The maximum atomic E-state index is 7.00. The van der Waals surface area contributed by atoms with Crippen LogP contribution in [0.5, 0.6) is 0 Å². The number of hydrogen-bond acceptors (Lipinski definition) is 10. The topological polar surface area (TPSA) is 113 Å². The Bertz CT molecular complexity index is 7190. The minimum absolute atomic E-state index is 0.509. The van der Waals surface area contributed by atoms with Gasteiger partial charge in [0.25, 0.3) is 0 Å². The van der Waals surface area contributed by atoms with Crippen molar-refractivity contribution in [1.82, 2.24) is 39.0 Å². The van der Waals surface area contributed by atoms with Gasteiger partial charge < -0.3 is 8.83 Å². The van der Waals surface area contributed by atoms with Crippen LogP contribution in [0.2, 0.25) is 0 Å². The van der Waals surface area contributed by atoms with Gasteiger partial charge in [0.2, 0.25) is 11.9 Å². The van der Waals surface area contributed by atoms with Gasteiger partial charge in [0.1, 0.15) is 22.3 Å². The van der Waals surface area contributed by atoms with Crippen LogP contribution in [-0.2, 0) is 0 Å². The summed E-state index contributed by atoms with van der Waals surface area (Å²) in [6.45, 7) is 0. The Morgan fingerprint density at radius 3 is 1.19 bits per heavy atom. The third-order valence-electron chi connectivity index (χ3n) is 20.3. The highest BCUT2D eigenvalue weighted by Crippen LogP contribution is 2.47. The van der Waals surface area contributed by atoms with Crippen LogP contribution in [0, 0.1) is 0 Å². The number of fused-ring (bicyclic) bond motifs is 18. The molecule has 22 aromatic rings. The van der Waals surface area contributed by atoms with Gasteiger partial charge in [0.15, 0.2) is 23.3 Å². The van der Waals surface area contributed by atoms with Gasteiger partial charge in [-0.3, -0.25) is 9.13 Å². The average molecular weight is 1340 g/mol. The van der Waals surface area contributed by atoms with Crippen LogP contribution < -0.4 is 0 Å².